The van der Waals surface area contributed by atoms with Crippen LogP contribution in [0.5, 0.6) is 0 Å². The fraction of sp³-hybridized carbons (Fsp3) is 0.600. The van der Waals surface area contributed by atoms with E-state index in [4.69, 9.17) is 11.5 Å². The largest absolute Gasteiger partial charge is 0.397 e. The number of carbonyl (C=O) groups excluding carboxylic acids is 2. The topological polar surface area (TPSA) is 98.2 Å². The molecule has 1 aliphatic rings. The molecule has 0 aromatic carbocycles. The molecule has 21 heavy (non-hydrogen) atoms. The Bertz CT molecular complexity index is 566. The number of nitrogens with two attached hydrogens (primary N) is 2. The van der Waals surface area contributed by atoms with Gasteiger partial charge in [0.05, 0.1) is 16.1 Å². The molecule has 1 amide bonds. The lowest BCUT2D eigenvalue weighted by molar-refractivity contribution is 0.0944. The first-order valence-corrected chi connectivity index (χ1v) is 8.21. The molecule has 116 valence electrons. The summed E-state index contributed by atoms with van der Waals surface area (Å²) < 4.78 is 0. The van der Waals surface area contributed by atoms with E-state index in [0.29, 0.717) is 21.8 Å². The molecule has 0 radical (unpaired) electrons. The van der Waals surface area contributed by atoms with Gasteiger partial charge in [-0.25, -0.2) is 0 Å². The first kappa shape index (κ1) is 15.8. The Morgan fingerprint density at radius 3 is 2.62 bits per heavy atom. The minimum absolute atomic E-state index is 0.0473. The van der Waals surface area contributed by atoms with E-state index in [-0.39, 0.29) is 23.0 Å². The van der Waals surface area contributed by atoms with Gasteiger partial charge < -0.3 is 16.8 Å². The first-order chi connectivity index (χ1) is 9.86. The van der Waals surface area contributed by atoms with Gasteiger partial charge in [-0.05, 0) is 18.8 Å². The third-order valence-electron chi connectivity index (χ3n) is 3.84. The Labute approximate surface area is 129 Å². The zero-order valence-electron chi connectivity index (χ0n) is 12.7. The summed E-state index contributed by atoms with van der Waals surface area (Å²) in [6.07, 6.45) is 3.41. The van der Waals surface area contributed by atoms with Crippen LogP contribution in [-0.2, 0) is 0 Å². The molecule has 1 saturated carbocycles. The summed E-state index contributed by atoms with van der Waals surface area (Å²) in [7, 11) is 0. The number of hydrogen-bond donors (Lipinski definition) is 3. The molecule has 5 N–H and O–H groups in total. The summed E-state index contributed by atoms with van der Waals surface area (Å²) in [4.78, 5) is 24.3. The van der Waals surface area contributed by atoms with Crippen molar-refractivity contribution in [2.75, 3.05) is 11.1 Å². The first-order valence-electron chi connectivity index (χ1n) is 7.39. The highest BCUT2D eigenvalue weighted by molar-refractivity contribution is 7.19. The smallest absolute Gasteiger partial charge is 0.253 e. The van der Waals surface area contributed by atoms with Gasteiger partial charge in [-0.3, -0.25) is 9.59 Å². The second-order valence-corrected chi connectivity index (χ2v) is 6.99. The van der Waals surface area contributed by atoms with Gasteiger partial charge in [0.1, 0.15) is 5.00 Å². The molecule has 1 fully saturated rings. The standard InChI is InChI=1S/C15H23N3O2S/c1-4-5-8-6-9(8)18-15-10(14(17)20)11(16)13(21-15)12(19)7(2)3/h7-9,18H,4-6,16H2,1-3H3,(H2,17,20). The number of thiophene rings is 1. The van der Waals surface area contributed by atoms with E-state index >= 15 is 0 Å². The number of ketones is 1. The number of nitrogens with one attached hydrogen (secondary N) is 1. The molecule has 1 aliphatic carbocycles. The number of amides is 1. The quantitative estimate of drug-likeness (QED) is 0.674. The Hall–Kier alpha value is -1.56. The highest BCUT2D eigenvalue weighted by Gasteiger charge is 2.37. The maximum atomic E-state index is 12.2. The van der Waals surface area contributed by atoms with Gasteiger partial charge in [0.15, 0.2) is 5.78 Å². The second-order valence-electron chi connectivity index (χ2n) is 5.97. The SMILES string of the molecule is CCCC1CC1Nc1sc(C(=O)C(C)C)c(N)c1C(N)=O. The second kappa shape index (κ2) is 6.05. The highest BCUT2D eigenvalue weighted by atomic mass is 32.1. The lowest BCUT2D eigenvalue weighted by Gasteiger charge is -2.05. The number of Topliss-reactive ketones (excluding diaryl/α,β-unsaturated/α-hetero) is 1. The van der Waals surface area contributed by atoms with Crippen molar-refractivity contribution in [3.8, 4) is 0 Å². The Morgan fingerprint density at radius 2 is 2.10 bits per heavy atom. The lowest BCUT2D eigenvalue weighted by atomic mass is 10.1. The van der Waals surface area contributed by atoms with Gasteiger partial charge in [0.25, 0.3) is 5.91 Å². The molecule has 5 nitrogen and oxygen atoms in total. The molecule has 1 aromatic rings. The fourth-order valence-corrected chi connectivity index (χ4v) is 3.79. The van der Waals surface area contributed by atoms with Crippen molar-refractivity contribution in [3.63, 3.8) is 0 Å². The Kier molecular flexibility index (Phi) is 4.56. The number of anilines is 2. The number of nitrogen functional groups attached to an aromatic ring is 1. The van der Waals surface area contributed by atoms with Crippen LogP contribution < -0.4 is 16.8 Å². The third kappa shape index (κ3) is 3.20. The number of carbonyl (C=O) groups is 2. The normalized spacial score (nSPS) is 20.6. The van der Waals surface area contributed by atoms with Gasteiger partial charge in [0, 0.05) is 12.0 Å². The van der Waals surface area contributed by atoms with Crippen LogP contribution >= 0.6 is 11.3 Å². The van der Waals surface area contributed by atoms with Crippen LogP contribution in [0.3, 0.4) is 0 Å². The predicted molar refractivity (Wildman–Crippen MR) is 86.8 cm³/mol. The highest BCUT2D eigenvalue weighted by Crippen LogP contribution is 2.42. The summed E-state index contributed by atoms with van der Waals surface area (Å²) in [5, 5.41) is 3.99. The summed E-state index contributed by atoms with van der Waals surface area (Å²) in [6, 6.07) is 0.364. The van der Waals surface area contributed by atoms with E-state index in [1.165, 1.54) is 17.8 Å². The van der Waals surface area contributed by atoms with E-state index in [1.807, 2.05) is 13.8 Å². The van der Waals surface area contributed by atoms with Crippen molar-refractivity contribution in [1.29, 1.82) is 0 Å². The Balaban J connectivity index is 2.26. The molecule has 0 bridgehead atoms. The molecule has 0 spiro atoms. The van der Waals surface area contributed by atoms with Crippen LogP contribution in [0.4, 0.5) is 10.7 Å². The van der Waals surface area contributed by atoms with Crippen LogP contribution in [-0.4, -0.2) is 17.7 Å². The number of primary amides is 1. The van der Waals surface area contributed by atoms with Crippen LogP contribution in [0.15, 0.2) is 0 Å². The fourth-order valence-electron chi connectivity index (χ4n) is 2.52. The molecule has 6 heteroatoms. The van der Waals surface area contributed by atoms with Crippen LogP contribution in [0, 0.1) is 11.8 Å². The van der Waals surface area contributed by atoms with Crippen molar-refractivity contribution >= 4 is 33.7 Å². The summed E-state index contributed by atoms with van der Waals surface area (Å²) in [5.74, 6) is -0.146. The minimum Gasteiger partial charge on any atom is -0.397 e. The molecule has 1 heterocycles. The summed E-state index contributed by atoms with van der Waals surface area (Å²) in [6.45, 7) is 5.79. The average Bonchev–Trinajstić information content (AvgIpc) is 3.03. The summed E-state index contributed by atoms with van der Waals surface area (Å²) in [5.41, 5.74) is 11.9. The maximum Gasteiger partial charge on any atom is 0.253 e. The number of rotatable bonds is 7. The van der Waals surface area contributed by atoms with Crippen molar-refractivity contribution in [1.82, 2.24) is 0 Å². The van der Waals surface area contributed by atoms with Gasteiger partial charge >= 0.3 is 0 Å². The minimum atomic E-state index is -0.582. The predicted octanol–water partition coefficient (Wildman–Crippen LogP) is 2.87. The average molecular weight is 309 g/mol. The molecule has 2 unspecified atom stereocenters. The van der Waals surface area contributed by atoms with Gasteiger partial charge in [-0.2, -0.15) is 0 Å². The van der Waals surface area contributed by atoms with Crippen molar-refractivity contribution in [2.45, 2.75) is 46.1 Å². The van der Waals surface area contributed by atoms with Crippen LogP contribution in [0.2, 0.25) is 0 Å². The molecule has 2 rings (SSSR count). The van der Waals surface area contributed by atoms with E-state index in [1.54, 1.807) is 0 Å². The molecule has 0 aliphatic heterocycles. The zero-order valence-corrected chi connectivity index (χ0v) is 13.5. The zero-order chi connectivity index (χ0) is 15.7. The molecular weight excluding hydrogens is 286 g/mol. The van der Waals surface area contributed by atoms with Crippen molar-refractivity contribution in [2.24, 2.45) is 17.6 Å². The van der Waals surface area contributed by atoms with E-state index in [0.717, 1.165) is 12.8 Å². The Morgan fingerprint density at radius 1 is 1.43 bits per heavy atom. The summed E-state index contributed by atoms with van der Waals surface area (Å²) >= 11 is 1.25. The van der Waals surface area contributed by atoms with Crippen molar-refractivity contribution in [3.05, 3.63) is 10.4 Å². The van der Waals surface area contributed by atoms with Gasteiger partial charge in [-0.15, -0.1) is 11.3 Å². The van der Waals surface area contributed by atoms with Gasteiger partial charge in [-0.1, -0.05) is 27.2 Å². The number of hydrogen-bond acceptors (Lipinski definition) is 5. The molecule has 2 atom stereocenters. The van der Waals surface area contributed by atoms with Gasteiger partial charge in [0.2, 0.25) is 0 Å². The molecule has 0 saturated heterocycles. The maximum absolute atomic E-state index is 12.2. The molecule has 1 aromatic heterocycles. The van der Waals surface area contributed by atoms with Crippen LogP contribution in [0.1, 0.15) is 60.1 Å². The van der Waals surface area contributed by atoms with Crippen molar-refractivity contribution < 1.29 is 9.59 Å². The van der Waals surface area contributed by atoms with E-state index in [2.05, 4.69) is 12.2 Å². The third-order valence-corrected chi connectivity index (χ3v) is 4.99. The monoisotopic (exact) mass is 309 g/mol. The van der Waals surface area contributed by atoms with E-state index in [9.17, 15) is 9.59 Å². The molecular formula is C15H23N3O2S. The lowest BCUT2D eigenvalue weighted by Crippen LogP contribution is -2.16. The van der Waals surface area contributed by atoms with Crippen LogP contribution in [0.25, 0.3) is 0 Å². The van der Waals surface area contributed by atoms with E-state index < -0.39 is 5.91 Å².